The van der Waals surface area contributed by atoms with E-state index in [1.807, 2.05) is 6.07 Å². The fourth-order valence-corrected chi connectivity index (χ4v) is 2.23. The standard InChI is InChI=1S/C19H19NO5/c1-3-6-14-9-13(11-20-15-7-4-5-8-16(15)21)10-17(24-2)19(14)25-12-18(22)23/h3-5,7-11,21H,1,6,12H2,2H3,(H,22,23). The number of phenols is 1. The first-order valence-corrected chi connectivity index (χ1v) is 7.53. The number of aromatic hydroxyl groups is 1. The van der Waals surface area contributed by atoms with E-state index in [0.29, 0.717) is 23.6 Å². The van der Waals surface area contributed by atoms with E-state index in [2.05, 4.69) is 11.6 Å². The first kappa shape index (κ1) is 18.1. The van der Waals surface area contributed by atoms with Crippen LogP contribution in [0.25, 0.3) is 0 Å². The number of carbonyl (C=O) groups is 1. The molecule has 2 N–H and O–H groups in total. The summed E-state index contributed by atoms with van der Waals surface area (Å²) in [5.41, 5.74) is 1.90. The Morgan fingerprint density at radius 1 is 1.32 bits per heavy atom. The monoisotopic (exact) mass is 341 g/mol. The van der Waals surface area contributed by atoms with Crippen LogP contribution in [0.2, 0.25) is 0 Å². The second kappa shape index (κ2) is 8.54. The molecule has 0 aromatic heterocycles. The molecule has 0 spiro atoms. The van der Waals surface area contributed by atoms with Crippen LogP contribution in [0.4, 0.5) is 5.69 Å². The molecule has 0 atom stereocenters. The van der Waals surface area contributed by atoms with E-state index in [9.17, 15) is 9.90 Å². The number of nitrogens with zero attached hydrogens (tertiary/aromatic N) is 1. The minimum atomic E-state index is -1.07. The molecule has 2 rings (SSSR count). The Morgan fingerprint density at radius 2 is 2.08 bits per heavy atom. The van der Waals surface area contributed by atoms with Gasteiger partial charge in [0.1, 0.15) is 11.4 Å². The van der Waals surface area contributed by atoms with Crippen LogP contribution in [-0.4, -0.2) is 36.1 Å². The van der Waals surface area contributed by atoms with Gasteiger partial charge in [0, 0.05) is 11.8 Å². The van der Waals surface area contributed by atoms with Crippen molar-refractivity contribution in [2.45, 2.75) is 6.42 Å². The van der Waals surface area contributed by atoms with E-state index in [1.54, 1.807) is 42.6 Å². The van der Waals surface area contributed by atoms with Crippen LogP contribution in [0, 0.1) is 0 Å². The molecule has 2 aromatic rings. The number of para-hydroxylation sites is 2. The van der Waals surface area contributed by atoms with Gasteiger partial charge >= 0.3 is 5.97 Å². The zero-order valence-electron chi connectivity index (χ0n) is 13.8. The Hall–Kier alpha value is -3.28. The minimum absolute atomic E-state index is 0.0819. The average Bonchev–Trinajstić information content (AvgIpc) is 2.59. The van der Waals surface area contributed by atoms with Crippen LogP contribution in [0.1, 0.15) is 11.1 Å². The van der Waals surface area contributed by atoms with Crippen LogP contribution in [0.3, 0.4) is 0 Å². The maximum atomic E-state index is 10.8. The highest BCUT2D eigenvalue weighted by molar-refractivity contribution is 5.84. The summed E-state index contributed by atoms with van der Waals surface area (Å²) in [5, 5.41) is 18.6. The molecule has 0 aliphatic rings. The summed E-state index contributed by atoms with van der Waals surface area (Å²) in [7, 11) is 1.48. The first-order valence-electron chi connectivity index (χ1n) is 7.53. The van der Waals surface area contributed by atoms with Crippen molar-refractivity contribution < 1.29 is 24.5 Å². The number of ether oxygens (including phenoxy) is 2. The predicted molar refractivity (Wildman–Crippen MR) is 95.4 cm³/mol. The van der Waals surface area contributed by atoms with E-state index in [1.165, 1.54) is 7.11 Å². The van der Waals surface area contributed by atoms with Gasteiger partial charge in [-0.2, -0.15) is 0 Å². The van der Waals surface area contributed by atoms with Crippen molar-refractivity contribution in [3.05, 3.63) is 60.2 Å². The SMILES string of the molecule is C=CCc1cc(C=Nc2ccccc2O)cc(OC)c1OCC(=O)O. The summed E-state index contributed by atoms with van der Waals surface area (Å²) in [5.74, 6) is -0.223. The van der Waals surface area contributed by atoms with Gasteiger partial charge in [-0.05, 0) is 36.2 Å². The van der Waals surface area contributed by atoms with Crippen molar-refractivity contribution in [1.29, 1.82) is 0 Å². The lowest BCUT2D eigenvalue weighted by atomic mass is 10.1. The van der Waals surface area contributed by atoms with Crippen LogP contribution in [0.5, 0.6) is 17.2 Å². The number of rotatable bonds is 8. The normalized spacial score (nSPS) is 10.6. The third-order valence-corrected chi connectivity index (χ3v) is 3.31. The molecule has 0 bridgehead atoms. The van der Waals surface area contributed by atoms with Crippen LogP contribution in [-0.2, 0) is 11.2 Å². The Labute approximate surface area is 145 Å². The van der Waals surface area contributed by atoms with Gasteiger partial charge in [0.2, 0.25) is 0 Å². The molecule has 0 saturated carbocycles. The van der Waals surface area contributed by atoms with Gasteiger partial charge in [0.15, 0.2) is 18.1 Å². The highest BCUT2D eigenvalue weighted by Gasteiger charge is 2.13. The summed E-state index contributed by atoms with van der Waals surface area (Å²) in [4.78, 5) is 15.0. The van der Waals surface area contributed by atoms with Gasteiger partial charge in [-0.15, -0.1) is 6.58 Å². The molecular weight excluding hydrogens is 322 g/mol. The van der Waals surface area contributed by atoms with Crippen molar-refractivity contribution in [3.63, 3.8) is 0 Å². The average molecular weight is 341 g/mol. The predicted octanol–water partition coefficient (Wildman–Crippen LogP) is 3.34. The second-order valence-electron chi connectivity index (χ2n) is 5.13. The molecular formula is C19H19NO5. The molecule has 2 aromatic carbocycles. The molecule has 0 aliphatic heterocycles. The van der Waals surface area contributed by atoms with E-state index < -0.39 is 12.6 Å². The molecule has 6 heteroatoms. The zero-order valence-corrected chi connectivity index (χ0v) is 13.8. The molecule has 6 nitrogen and oxygen atoms in total. The molecule has 0 amide bonds. The molecule has 0 saturated heterocycles. The van der Waals surface area contributed by atoms with E-state index in [0.717, 1.165) is 11.1 Å². The highest BCUT2D eigenvalue weighted by Crippen LogP contribution is 2.33. The number of aliphatic imine (C=N–C) groups is 1. The highest BCUT2D eigenvalue weighted by atomic mass is 16.5. The topological polar surface area (TPSA) is 88.4 Å². The summed E-state index contributed by atoms with van der Waals surface area (Å²) in [6.07, 6.45) is 3.75. The van der Waals surface area contributed by atoms with Gasteiger partial charge < -0.3 is 19.7 Å². The minimum Gasteiger partial charge on any atom is -0.506 e. The molecule has 130 valence electrons. The lowest BCUT2D eigenvalue weighted by Crippen LogP contribution is -2.11. The number of aliphatic carboxylic acids is 1. The molecule has 0 fully saturated rings. The van der Waals surface area contributed by atoms with Crippen molar-refractivity contribution in [1.82, 2.24) is 0 Å². The number of carboxylic acids is 1. The number of hydrogen-bond acceptors (Lipinski definition) is 5. The Kier molecular flexibility index (Phi) is 6.17. The maximum Gasteiger partial charge on any atom is 0.341 e. The van der Waals surface area contributed by atoms with Gasteiger partial charge in [-0.25, -0.2) is 4.79 Å². The fraction of sp³-hybridized carbons (Fsp3) is 0.158. The third kappa shape index (κ3) is 4.84. The van der Waals surface area contributed by atoms with E-state index >= 15 is 0 Å². The van der Waals surface area contributed by atoms with Crippen molar-refractivity contribution >= 4 is 17.9 Å². The summed E-state index contributed by atoms with van der Waals surface area (Å²) in [6, 6.07) is 10.2. The zero-order chi connectivity index (χ0) is 18.2. The number of allylic oxidation sites excluding steroid dienone is 1. The summed E-state index contributed by atoms with van der Waals surface area (Å²) >= 11 is 0. The summed E-state index contributed by atoms with van der Waals surface area (Å²) in [6.45, 7) is 3.24. The second-order valence-corrected chi connectivity index (χ2v) is 5.13. The lowest BCUT2D eigenvalue weighted by molar-refractivity contribution is -0.139. The fourth-order valence-electron chi connectivity index (χ4n) is 2.23. The summed E-state index contributed by atoms with van der Waals surface area (Å²) < 4.78 is 10.7. The number of hydrogen-bond donors (Lipinski definition) is 2. The quantitative estimate of drug-likeness (QED) is 0.568. The van der Waals surface area contributed by atoms with Crippen molar-refractivity contribution in [2.24, 2.45) is 4.99 Å². The van der Waals surface area contributed by atoms with Gasteiger partial charge in [0.05, 0.1) is 7.11 Å². The molecule has 0 aliphatic carbocycles. The Balaban J connectivity index is 2.39. The molecule has 0 unspecified atom stereocenters. The van der Waals surface area contributed by atoms with Gasteiger partial charge in [-0.1, -0.05) is 18.2 Å². The first-order chi connectivity index (χ1) is 12.0. The van der Waals surface area contributed by atoms with Crippen molar-refractivity contribution in [2.75, 3.05) is 13.7 Å². The number of methoxy groups -OCH3 is 1. The van der Waals surface area contributed by atoms with Crippen LogP contribution < -0.4 is 9.47 Å². The van der Waals surface area contributed by atoms with Crippen molar-refractivity contribution in [3.8, 4) is 17.2 Å². The van der Waals surface area contributed by atoms with Crippen LogP contribution >= 0.6 is 0 Å². The van der Waals surface area contributed by atoms with Crippen LogP contribution in [0.15, 0.2) is 54.0 Å². The van der Waals surface area contributed by atoms with E-state index in [-0.39, 0.29) is 5.75 Å². The third-order valence-electron chi connectivity index (χ3n) is 3.31. The smallest absolute Gasteiger partial charge is 0.341 e. The lowest BCUT2D eigenvalue weighted by Gasteiger charge is -2.14. The van der Waals surface area contributed by atoms with E-state index in [4.69, 9.17) is 14.6 Å². The van der Waals surface area contributed by atoms with Gasteiger partial charge in [-0.3, -0.25) is 4.99 Å². The maximum absolute atomic E-state index is 10.8. The molecule has 0 radical (unpaired) electrons. The number of benzene rings is 2. The number of carboxylic acid groups (broad SMARTS) is 1. The van der Waals surface area contributed by atoms with Gasteiger partial charge in [0.25, 0.3) is 0 Å². The Morgan fingerprint density at radius 3 is 2.72 bits per heavy atom. The molecule has 0 heterocycles. The number of phenolic OH excluding ortho intramolecular Hbond substituents is 1. The largest absolute Gasteiger partial charge is 0.506 e. The molecule has 25 heavy (non-hydrogen) atoms. The Bertz CT molecular complexity index is 798.